The zero-order valence-corrected chi connectivity index (χ0v) is 13.6. The van der Waals surface area contributed by atoms with Gasteiger partial charge in [0.25, 0.3) is 0 Å². The van der Waals surface area contributed by atoms with Gasteiger partial charge in [-0.15, -0.1) is 6.58 Å². The molecular formula is C21H26O. The molecule has 1 aromatic rings. The fraction of sp³-hybridized carbons (Fsp3) is 0.571. The predicted octanol–water partition coefficient (Wildman–Crippen LogP) is 4.84. The minimum Gasteiger partial charge on any atom is -0.299 e. The number of ketones is 1. The van der Waals surface area contributed by atoms with E-state index in [1.165, 1.54) is 24.8 Å². The van der Waals surface area contributed by atoms with E-state index >= 15 is 0 Å². The Hall–Kier alpha value is -1.37. The smallest absolute Gasteiger partial charge is 0.139 e. The molecule has 0 saturated heterocycles. The molecule has 1 aromatic carbocycles. The molecule has 0 radical (unpaired) electrons. The van der Waals surface area contributed by atoms with Crippen LogP contribution >= 0.6 is 0 Å². The van der Waals surface area contributed by atoms with Gasteiger partial charge in [0.1, 0.15) is 5.78 Å². The van der Waals surface area contributed by atoms with Crippen LogP contribution in [-0.4, -0.2) is 5.78 Å². The second kappa shape index (κ2) is 5.08. The number of benzene rings is 1. The fourth-order valence-electron chi connectivity index (χ4n) is 5.70. The molecule has 0 heterocycles. The van der Waals surface area contributed by atoms with Gasteiger partial charge in [0.15, 0.2) is 0 Å². The van der Waals surface area contributed by atoms with E-state index in [2.05, 4.69) is 31.7 Å². The molecule has 3 aliphatic rings. The lowest BCUT2D eigenvalue weighted by molar-refractivity contribution is -0.129. The highest BCUT2D eigenvalue weighted by molar-refractivity contribution is 5.87. The molecule has 1 nitrogen and oxygen atoms in total. The molecule has 116 valence electrons. The van der Waals surface area contributed by atoms with Crippen LogP contribution in [0.3, 0.4) is 0 Å². The zero-order valence-electron chi connectivity index (χ0n) is 13.6. The number of aryl methyl sites for hydroxylation is 1. The van der Waals surface area contributed by atoms with Crippen LogP contribution in [0.5, 0.6) is 0 Å². The number of carbonyl (C=O) groups excluding carboxylic acids is 1. The summed E-state index contributed by atoms with van der Waals surface area (Å²) < 4.78 is 0. The Labute approximate surface area is 133 Å². The quantitative estimate of drug-likeness (QED) is 0.713. The van der Waals surface area contributed by atoms with Crippen LogP contribution in [0.4, 0.5) is 0 Å². The molecule has 0 N–H and O–H groups in total. The maximum Gasteiger partial charge on any atom is 0.139 e. The molecular weight excluding hydrogens is 268 g/mol. The molecule has 0 bridgehead atoms. The average molecular weight is 294 g/mol. The molecule has 1 heteroatoms. The summed E-state index contributed by atoms with van der Waals surface area (Å²) in [4.78, 5) is 12.4. The topological polar surface area (TPSA) is 17.1 Å². The number of allylic oxidation sites excluding steroid dienone is 1. The SMILES string of the molecule is C=CCc1ccc2c(c1)CC[C@@H]1[C@@H]2CC[C@]2(C)C(=O)CC[C@@H]12. The highest BCUT2D eigenvalue weighted by atomic mass is 16.1. The molecule has 0 amide bonds. The highest BCUT2D eigenvalue weighted by Crippen LogP contribution is 2.59. The van der Waals surface area contributed by atoms with Gasteiger partial charge < -0.3 is 0 Å². The molecule has 2 fully saturated rings. The Balaban J connectivity index is 1.67. The molecule has 0 spiro atoms. The summed E-state index contributed by atoms with van der Waals surface area (Å²) in [5, 5.41) is 0. The molecule has 0 unspecified atom stereocenters. The van der Waals surface area contributed by atoms with Crippen LogP contribution in [0.2, 0.25) is 0 Å². The number of hydrogen-bond acceptors (Lipinski definition) is 1. The zero-order chi connectivity index (χ0) is 15.3. The molecule has 0 aliphatic heterocycles. The summed E-state index contributed by atoms with van der Waals surface area (Å²) in [5.41, 5.74) is 4.55. The Bertz CT molecular complexity index is 629. The van der Waals surface area contributed by atoms with Gasteiger partial charge in [0, 0.05) is 11.8 Å². The molecule has 3 aliphatic carbocycles. The Kier molecular flexibility index (Phi) is 3.29. The normalized spacial score (nSPS) is 36.4. The van der Waals surface area contributed by atoms with Crippen LogP contribution < -0.4 is 0 Å². The second-order valence-electron chi connectivity index (χ2n) is 7.86. The summed E-state index contributed by atoms with van der Waals surface area (Å²) in [6, 6.07) is 7.07. The van der Waals surface area contributed by atoms with Crippen molar-refractivity contribution >= 4 is 5.78 Å². The van der Waals surface area contributed by atoms with Crippen molar-refractivity contribution in [2.24, 2.45) is 17.3 Å². The van der Waals surface area contributed by atoms with Gasteiger partial charge in [-0.05, 0) is 73.0 Å². The number of hydrogen-bond donors (Lipinski definition) is 0. The molecule has 0 aromatic heterocycles. The Morgan fingerprint density at radius 2 is 2.14 bits per heavy atom. The van der Waals surface area contributed by atoms with Gasteiger partial charge in [-0.1, -0.05) is 31.2 Å². The second-order valence-corrected chi connectivity index (χ2v) is 7.86. The summed E-state index contributed by atoms with van der Waals surface area (Å²) in [6.45, 7) is 6.11. The lowest BCUT2D eigenvalue weighted by Gasteiger charge is -2.48. The van der Waals surface area contributed by atoms with Gasteiger partial charge in [-0.25, -0.2) is 0 Å². The van der Waals surface area contributed by atoms with Crippen molar-refractivity contribution in [2.45, 2.75) is 57.8 Å². The lowest BCUT2D eigenvalue weighted by Crippen LogP contribution is -2.42. The minimum absolute atomic E-state index is 0.00144. The third-order valence-corrected chi connectivity index (χ3v) is 6.88. The maximum atomic E-state index is 12.4. The summed E-state index contributed by atoms with van der Waals surface area (Å²) in [6.07, 6.45) is 9.71. The van der Waals surface area contributed by atoms with Crippen molar-refractivity contribution in [3.05, 3.63) is 47.5 Å². The number of rotatable bonds is 2. The third-order valence-electron chi connectivity index (χ3n) is 6.88. The van der Waals surface area contributed by atoms with Gasteiger partial charge in [-0.2, -0.15) is 0 Å². The van der Waals surface area contributed by atoms with Crippen molar-refractivity contribution in [1.29, 1.82) is 0 Å². The molecule has 2 saturated carbocycles. The summed E-state index contributed by atoms with van der Waals surface area (Å²) in [7, 11) is 0. The van der Waals surface area contributed by atoms with Crippen molar-refractivity contribution in [3.63, 3.8) is 0 Å². The first kappa shape index (κ1) is 14.2. The first-order valence-electron chi connectivity index (χ1n) is 8.89. The van der Waals surface area contributed by atoms with E-state index in [4.69, 9.17) is 0 Å². The van der Waals surface area contributed by atoms with Gasteiger partial charge in [0.2, 0.25) is 0 Å². The number of carbonyl (C=O) groups is 1. The van der Waals surface area contributed by atoms with Crippen LogP contribution in [0.1, 0.15) is 61.6 Å². The molecule has 4 atom stereocenters. The van der Waals surface area contributed by atoms with Crippen LogP contribution in [0.25, 0.3) is 0 Å². The Morgan fingerprint density at radius 3 is 2.95 bits per heavy atom. The van der Waals surface area contributed by atoms with E-state index in [9.17, 15) is 4.79 Å². The van der Waals surface area contributed by atoms with Crippen molar-refractivity contribution in [3.8, 4) is 0 Å². The van der Waals surface area contributed by atoms with Crippen LogP contribution in [0.15, 0.2) is 30.9 Å². The molecule has 4 rings (SSSR count). The number of Topliss-reactive ketones (excluding diaryl/α,β-unsaturated/α-hetero) is 1. The summed E-state index contributed by atoms with van der Waals surface area (Å²) in [5.74, 6) is 2.62. The maximum absolute atomic E-state index is 12.4. The fourth-order valence-corrected chi connectivity index (χ4v) is 5.70. The lowest BCUT2D eigenvalue weighted by atomic mass is 9.55. The van der Waals surface area contributed by atoms with E-state index in [-0.39, 0.29) is 5.41 Å². The monoisotopic (exact) mass is 294 g/mol. The van der Waals surface area contributed by atoms with Crippen molar-refractivity contribution in [2.75, 3.05) is 0 Å². The third kappa shape index (κ3) is 1.94. The van der Waals surface area contributed by atoms with Crippen LogP contribution in [0, 0.1) is 17.3 Å². The van der Waals surface area contributed by atoms with E-state index in [1.807, 2.05) is 6.08 Å². The van der Waals surface area contributed by atoms with E-state index in [1.54, 1.807) is 11.1 Å². The van der Waals surface area contributed by atoms with Crippen molar-refractivity contribution in [1.82, 2.24) is 0 Å². The summed E-state index contributed by atoms with van der Waals surface area (Å²) >= 11 is 0. The van der Waals surface area contributed by atoms with Gasteiger partial charge in [-0.3, -0.25) is 4.79 Å². The average Bonchev–Trinajstić information content (AvgIpc) is 2.83. The van der Waals surface area contributed by atoms with Gasteiger partial charge >= 0.3 is 0 Å². The Morgan fingerprint density at radius 1 is 1.27 bits per heavy atom. The van der Waals surface area contributed by atoms with E-state index in [0.717, 1.165) is 31.6 Å². The van der Waals surface area contributed by atoms with E-state index in [0.29, 0.717) is 17.6 Å². The minimum atomic E-state index is 0.00144. The first-order valence-corrected chi connectivity index (χ1v) is 8.89. The largest absolute Gasteiger partial charge is 0.299 e. The first-order chi connectivity index (χ1) is 10.6. The molecule has 22 heavy (non-hydrogen) atoms. The standard InChI is InChI=1S/C21H26O/c1-3-4-14-5-7-16-15(13-14)6-8-18-17(16)11-12-21(2)19(18)9-10-20(21)22/h3,5,7,13,17-19H,1,4,6,8-12H2,2H3/t17-,18-,19+,21+/m1/s1. The van der Waals surface area contributed by atoms with Gasteiger partial charge in [0.05, 0.1) is 0 Å². The van der Waals surface area contributed by atoms with E-state index < -0.39 is 0 Å². The van der Waals surface area contributed by atoms with Crippen LogP contribution in [-0.2, 0) is 17.6 Å². The predicted molar refractivity (Wildman–Crippen MR) is 90.0 cm³/mol. The highest BCUT2D eigenvalue weighted by Gasteiger charge is 2.54. The van der Waals surface area contributed by atoms with Crippen molar-refractivity contribution < 1.29 is 4.79 Å². The number of fused-ring (bicyclic) bond motifs is 5.